The number of nitriles is 2. The van der Waals surface area contributed by atoms with E-state index in [0.29, 0.717) is 5.56 Å². The van der Waals surface area contributed by atoms with Crippen molar-refractivity contribution in [2.24, 2.45) is 5.10 Å². The number of benzene rings is 3. The Balaban J connectivity index is 1.97. The van der Waals surface area contributed by atoms with Crippen molar-refractivity contribution in [3.63, 3.8) is 0 Å². The van der Waals surface area contributed by atoms with E-state index >= 15 is 0 Å². The van der Waals surface area contributed by atoms with Gasteiger partial charge < -0.3 is 9.47 Å². The largest absolute Gasteiger partial charge is 0.483 e. The van der Waals surface area contributed by atoms with Gasteiger partial charge in [-0.3, -0.25) is 5.43 Å². The predicted molar refractivity (Wildman–Crippen MR) is 116 cm³/mol. The second-order valence-electron chi connectivity index (χ2n) is 6.11. The summed E-state index contributed by atoms with van der Waals surface area (Å²) >= 11 is 6.19. The zero-order chi connectivity index (χ0) is 22.1. The number of hydrazone groups is 1. The smallest absolute Gasteiger partial charge is 0.343 e. The fourth-order valence-corrected chi connectivity index (χ4v) is 2.74. The summed E-state index contributed by atoms with van der Waals surface area (Å²) in [5, 5.41) is 21.8. The summed E-state index contributed by atoms with van der Waals surface area (Å²) in [5.74, 6) is -0.390. The van der Waals surface area contributed by atoms with E-state index < -0.39 is 11.7 Å². The molecule has 1 N–H and O–H groups in total. The topological polar surface area (TPSA) is 108 Å². The molecule has 0 atom stereocenters. The van der Waals surface area contributed by atoms with Crippen molar-refractivity contribution in [1.29, 1.82) is 10.5 Å². The van der Waals surface area contributed by atoms with Crippen LogP contribution in [0.15, 0.2) is 77.9 Å². The SMILES string of the molecule is N#CC(C#N)=NNc1cc(Cl)cc(OC(=O)c2ccccc2)c1OCc1ccccc1. The molecule has 0 heterocycles. The van der Waals surface area contributed by atoms with Crippen LogP contribution in [0.2, 0.25) is 5.02 Å². The molecule has 7 nitrogen and oxygen atoms in total. The van der Waals surface area contributed by atoms with Crippen LogP contribution in [0.5, 0.6) is 11.5 Å². The Kier molecular flexibility index (Phi) is 7.21. The Morgan fingerprint density at radius 3 is 2.29 bits per heavy atom. The lowest BCUT2D eigenvalue weighted by atomic mass is 10.2. The van der Waals surface area contributed by atoms with Crippen LogP contribution >= 0.6 is 11.6 Å². The van der Waals surface area contributed by atoms with Gasteiger partial charge in [-0.1, -0.05) is 60.1 Å². The molecule has 0 unspecified atom stereocenters. The first-order valence-corrected chi connectivity index (χ1v) is 9.40. The maximum Gasteiger partial charge on any atom is 0.343 e. The minimum Gasteiger partial charge on any atom is -0.483 e. The summed E-state index contributed by atoms with van der Waals surface area (Å²) in [4.78, 5) is 12.6. The Morgan fingerprint density at radius 1 is 1.00 bits per heavy atom. The van der Waals surface area contributed by atoms with Crippen LogP contribution < -0.4 is 14.9 Å². The van der Waals surface area contributed by atoms with Crippen LogP contribution in [0.4, 0.5) is 5.69 Å². The average molecular weight is 431 g/mol. The Morgan fingerprint density at radius 2 is 1.65 bits per heavy atom. The molecule has 0 amide bonds. The standard InChI is InChI=1S/C23H15ClN4O3/c24-18-11-20(28-27-19(13-25)14-26)22(30-15-16-7-3-1-4-8-16)21(12-18)31-23(29)17-9-5-2-6-10-17/h1-12,28H,15H2. The highest BCUT2D eigenvalue weighted by molar-refractivity contribution is 6.31. The average Bonchev–Trinajstić information content (AvgIpc) is 2.80. The molecular weight excluding hydrogens is 416 g/mol. The van der Waals surface area contributed by atoms with Crippen LogP contribution in [-0.2, 0) is 6.61 Å². The summed E-state index contributed by atoms with van der Waals surface area (Å²) in [6.07, 6.45) is 0. The van der Waals surface area contributed by atoms with Crippen molar-refractivity contribution >= 4 is 29.0 Å². The molecule has 3 rings (SSSR count). The van der Waals surface area contributed by atoms with E-state index in [1.807, 2.05) is 30.3 Å². The molecular formula is C23H15ClN4O3. The maximum atomic E-state index is 12.6. The number of carbonyl (C=O) groups excluding carboxylic acids is 1. The van der Waals surface area contributed by atoms with Gasteiger partial charge in [0.1, 0.15) is 24.4 Å². The number of nitrogens with zero attached hydrogens (tertiary/aromatic N) is 3. The summed E-state index contributed by atoms with van der Waals surface area (Å²) in [5.41, 5.74) is 3.64. The second kappa shape index (κ2) is 10.4. The number of nitrogens with one attached hydrogen (secondary N) is 1. The summed E-state index contributed by atoms with van der Waals surface area (Å²) < 4.78 is 11.4. The van der Waals surface area contributed by atoms with Gasteiger partial charge >= 0.3 is 5.97 Å². The van der Waals surface area contributed by atoms with Crippen molar-refractivity contribution in [2.75, 3.05) is 5.43 Å². The Labute approximate surface area is 183 Å². The zero-order valence-electron chi connectivity index (χ0n) is 16.1. The fourth-order valence-electron chi connectivity index (χ4n) is 2.53. The molecule has 0 radical (unpaired) electrons. The molecule has 152 valence electrons. The van der Waals surface area contributed by atoms with E-state index in [2.05, 4.69) is 10.5 Å². The Hall–Kier alpha value is -4.33. The highest BCUT2D eigenvalue weighted by atomic mass is 35.5. The maximum absolute atomic E-state index is 12.6. The number of halogens is 1. The normalized spacial score (nSPS) is 9.65. The van der Waals surface area contributed by atoms with Gasteiger partial charge in [-0.25, -0.2) is 4.79 Å². The highest BCUT2D eigenvalue weighted by Gasteiger charge is 2.18. The number of hydrogen-bond acceptors (Lipinski definition) is 7. The summed E-state index contributed by atoms with van der Waals surface area (Å²) in [6, 6.07) is 24.0. The number of anilines is 1. The van der Waals surface area contributed by atoms with Crippen LogP contribution in [-0.4, -0.2) is 11.7 Å². The lowest BCUT2D eigenvalue weighted by Gasteiger charge is -2.16. The summed E-state index contributed by atoms with van der Waals surface area (Å²) in [6.45, 7) is 0.167. The molecule has 31 heavy (non-hydrogen) atoms. The molecule has 3 aromatic carbocycles. The second-order valence-corrected chi connectivity index (χ2v) is 6.54. The fraction of sp³-hybridized carbons (Fsp3) is 0.0435. The van der Waals surface area contributed by atoms with Gasteiger partial charge in [-0.2, -0.15) is 15.6 Å². The lowest BCUT2D eigenvalue weighted by molar-refractivity contribution is 0.0728. The molecule has 0 saturated heterocycles. The number of esters is 1. The van der Waals surface area contributed by atoms with Gasteiger partial charge in [0, 0.05) is 11.1 Å². The van der Waals surface area contributed by atoms with Gasteiger partial charge in [0.05, 0.1) is 5.56 Å². The van der Waals surface area contributed by atoms with E-state index in [1.165, 1.54) is 12.1 Å². The van der Waals surface area contributed by atoms with E-state index in [4.69, 9.17) is 31.6 Å². The van der Waals surface area contributed by atoms with Crippen LogP contribution in [0.3, 0.4) is 0 Å². The van der Waals surface area contributed by atoms with E-state index in [-0.39, 0.29) is 28.8 Å². The van der Waals surface area contributed by atoms with Gasteiger partial charge in [-0.15, -0.1) is 0 Å². The number of rotatable bonds is 7. The van der Waals surface area contributed by atoms with E-state index in [1.54, 1.807) is 42.5 Å². The first-order chi connectivity index (χ1) is 15.1. The molecule has 0 saturated carbocycles. The lowest BCUT2D eigenvalue weighted by Crippen LogP contribution is -2.10. The number of ether oxygens (including phenoxy) is 2. The van der Waals surface area contributed by atoms with Crippen molar-refractivity contribution in [1.82, 2.24) is 0 Å². The van der Waals surface area contributed by atoms with Crippen LogP contribution in [0.1, 0.15) is 15.9 Å². The number of hydrogen-bond donors (Lipinski definition) is 1. The minimum absolute atomic E-state index is 0.0606. The van der Waals surface area contributed by atoms with Gasteiger partial charge in [-0.05, 0) is 23.8 Å². The molecule has 8 heteroatoms. The Bertz CT molecular complexity index is 1170. The van der Waals surface area contributed by atoms with Crippen LogP contribution in [0.25, 0.3) is 0 Å². The summed E-state index contributed by atoms with van der Waals surface area (Å²) in [7, 11) is 0. The third kappa shape index (κ3) is 5.83. The minimum atomic E-state index is -0.600. The molecule has 0 aliphatic heterocycles. The third-order valence-electron chi connectivity index (χ3n) is 3.96. The number of carbonyl (C=O) groups is 1. The molecule has 0 bridgehead atoms. The van der Waals surface area contributed by atoms with E-state index in [0.717, 1.165) is 5.56 Å². The quantitative estimate of drug-likeness (QED) is 0.246. The molecule has 0 aliphatic rings. The molecule has 0 aromatic heterocycles. The van der Waals surface area contributed by atoms with Gasteiger partial charge in [0.2, 0.25) is 5.71 Å². The van der Waals surface area contributed by atoms with Crippen LogP contribution in [0, 0.1) is 22.7 Å². The first kappa shape index (κ1) is 21.4. The highest BCUT2D eigenvalue weighted by Crippen LogP contribution is 2.39. The van der Waals surface area contributed by atoms with Crippen molar-refractivity contribution in [3.05, 3.63) is 88.9 Å². The van der Waals surface area contributed by atoms with Crippen molar-refractivity contribution in [3.8, 4) is 23.6 Å². The predicted octanol–water partition coefficient (Wildman–Crippen LogP) is 4.95. The zero-order valence-corrected chi connectivity index (χ0v) is 16.8. The monoisotopic (exact) mass is 430 g/mol. The molecule has 0 spiro atoms. The van der Waals surface area contributed by atoms with E-state index in [9.17, 15) is 4.79 Å². The molecule has 0 fully saturated rings. The van der Waals surface area contributed by atoms with Gasteiger partial charge in [0.25, 0.3) is 0 Å². The molecule has 0 aliphatic carbocycles. The van der Waals surface area contributed by atoms with Crippen molar-refractivity contribution in [2.45, 2.75) is 6.61 Å². The molecule has 3 aromatic rings. The van der Waals surface area contributed by atoms with Crippen molar-refractivity contribution < 1.29 is 14.3 Å². The first-order valence-electron chi connectivity index (χ1n) is 9.02. The third-order valence-corrected chi connectivity index (χ3v) is 4.18. The van der Waals surface area contributed by atoms with Gasteiger partial charge in [0.15, 0.2) is 11.5 Å².